The Bertz CT molecular complexity index is 384. The second-order valence-corrected chi connectivity index (χ2v) is 5.48. The van der Waals surface area contributed by atoms with Crippen molar-refractivity contribution in [3.8, 4) is 6.07 Å². The molecule has 0 fully saturated rings. The van der Waals surface area contributed by atoms with Gasteiger partial charge in [-0.1, -0.05) is 13.8 Å². The Hall–Kier alpha value is -1.50. The van der Waals surface area contributed by atoms with Crippen molar-refractivity contribution in [3.63, 3.8) is 0 Å². The van der Waals surface area contributed by atoms with E-state index in [4.69, 9.17) is 5.26 Å². The van der Waals surface area contributed by atoms with Crippen LogP contribution in [0.3, 0.4) is 0 Å². The van der Waals surface area contributed by atoms with Gasteiger partial charge >= 0.3 is 0 Å². The highest BCUT2D eigenvalue weighted by Crippen LogP contribution is 2.22. The molecular weight excluding hydrogens is 212 g/mol. The van der Waals surface area contributed by atoms with E-state index in [1.807, 2.05) is 17.1 Å². The number of nitrogens with zero attached hydrogens (tertiary/aromatic N) is 3. The van der Waals surface area contributed by atoms with Gasteiger partial charge in [0.2, 0.25) is 0 Å². The molecule has 0 spiro atoms. The van der Waals surface area contributed by atoms with Crippen molar-refractivity contribution in [2.24, 2.45) is 5.41 Å². The Kier molecular flexibility index (Phi) is 4.56. The zero-order chi connectivity index (χ0) is 12.9. The van der Waals surface area contributed by atoms with Gasteiger partial charge in [0, 0.05) is 25.2 Å². The van der Waals surface area contributed by atoms with Crippen LogP contribution < -0.4 is 5.32 Å². The second-order valence-electron chi connectivity index (χ2n) is 5.48. The largest absolute Gasteiger partial charge is 0.382 e. The van der Waals surface area contributed by atoms with Crippen LogP contribution in [0, 0.1) is 16.7 Å². The summed E-state index contributed by atoms with van der Waals surface area (Å²) in [5.74, 6) is 0. The van der Waals surface area contributed by atoms with Gasteiger partial charge in [-0.2, -0.15) is 10.4 Å². The number of nitrogens with one attached hydrogen (secondary N) is 1. The maximum absolute atomic E-state index is 8.60. The number of hydrogen-bond donors (Lipinski definition) is 1. The van der Waals surface area contributed by atoms with Gasteiger partial charge in [0.05, 0.1) is 18.0 Å². The van der Waals surface area contributed by atoms with E-state index < -0.39 is 0 Å². The molecule has 0 aliphatic rings. The van der Waals surface area contributed by atoms with Crippen LogP contribution in [0.1, 0.15) is 46.6 Å². The molecule has 0 aliphatic heterocycles. The van der Waals surface area contributed by atoms with Crippen molar-refractivity contribution in [1.82, 2.24) is 9.78 Å². The maximum Gasteiger partial charge on any atom is 0.0726 e. The number of rotatable bonds is 6. The number of anilines is 1. The van der Waals surface area contributed by atoms with Crippen LogP contribution in [-0.4, -0.2) is 16.3 Å². The SMILES string of the molecule is CC(C)n1cc(NCC(C)(C)CCC#N)cn1. The fourth-order valence-corrected chi connectivity index (χ4v) is 1.54. The molecule has 17 heavy (non-hydrogen) atoms. The highest BCUT2D eigenvalue weighted by atomic mass is 15.3. The second kappa shape index (κ2) is 5.72. The Morgan fingerprint density at radius 1 is 1.53 bits per heavy atom. The summed E-state index contributed by atoms with van der Waals surface area (Å²) >= 11 is 0. The first kappa shape index (κ1) is 13.6. The van der Waals surface area contributed by atoms with Crippen LogP contribution in [0.2, 0.25) is 0 Å². The zero-order valence-corrected chi connectivity index (χ0v) is 11.2. The monoisotopic (exact) mass is 234 g/mol. The van der Waals surface area contributed by atoms with E-state index >= 15 is 0 Å². The summed E-state index contributed by atoms with van der Waals surface area (Å²) < 4.78 is 1.94. The lowest BCUT2D eigenvalue weighted by Crippen LogP contribution is -2.22. The summed E-state index contributed by atoms with van der Waals surface area (Å²) in [5, 5.41) is 16.3. The van der Waals surface area contributed by atoms with Crippen molar-refractivity contribution >= 4 is 5.69 Å². The molecule has 4 heteroatoms. The number of hydrogen-bond acceptors (Lipinski definition) is 3. The van der Waals surface area contributed by atoms with Crippen molar-refractivity contribution in [3.05, 3.63) is 12.4 Å². The summed E-state index contributed by atoms with van der Waals surface area (Å²) in [5.41, 5.74) is 1.18. The molecule has 1 rings (SSSR count). The molecule has 1 heterocycles. The molecule has 0 aromatic carbocycles. The molecular formula is C13H22N4. The highest BCUT2D eigenvalue weighted by Gasteiger charge is 2.17. The van der Waals surface area contributed by atoms with Crippen molar-refractivity contribution < 1.29 is 0 Å². The minimum atomic E-state index is 0.135. The van der Waals surface area contributed by atoms with Gasteiger partial charge in [-0.05, 0) is 25.7 Å². The van der Waals surface area contributed by atoms with E-state index in [1.165, 1.54) is 0 Å². The van der Waals surface area contributed by atoms with E-state index in [-0.39, 0.29) is 5.41 Å². The van der Waals surface area contributed by atoms with E-state index in [0.717, 1.165) is 18.7 Å². The van der Waals surface area contributed by atoms with Crippen molar-refractivity contribution in [2.45, 2.75) is 46.6 Å². The van der Waals surface area contributed by atoms with E-state index in [2.05, 4.69) is 44.2 Å². The first-order chi connectivity index (χ1) is 7.94. The lowest BCUT2D eigenvalue weighted by atomic mass is 9.88. The molecule has 0 atom stereocenters. The first-order valence-electron chi connectivity index (χ1n) is 6.09. The zero-order valence-electron chi connectivity index (χ0n) is 11.2. The summed E-state index contributed by atoms with van der Waals surface area (Å²) in [6.07, 6.45) is 5.39. The van der Waals surface area contributed by atoms with Gasteiger partial charge in [-0.25, -0.2) is 0 Å². The average Bonchev–Trinajstić information content (AvgIpc) is 2.73. The van der Waals surface area contributed by atoms with E-state index in [9.17, 15) is 0 Å². The minimum absolute atomic E-state index is 0.135. The molecule has 1 aromatic heterocycles. The molecule has 0 radical (unpaired) electrons. The Labute approximate surface area is 104 Å². The lowest BCUT2D eigenvalue weighted by Gasteiger charge is -2.23. The van der Waals surface area contributed by atoms with Crippen LogP contribution in [0.15, 0.2) is 12.4 Å². The van der Waals surface area contributed by atoms with Gasteiger partial charge < -0.3 is 5.32 Å². The van der Waals surface area contributed by atoms with E-state index in [1.54, 1.807) is 0 Å². The van der Waals surface area contributed by atoms with E-state index in [0.29, 0.717) is 12.5 Å². The maximum atomic E-state index is 8.60. The quantitative estimate of drug-likeness (QED) is 0.822. The number of aromatic nitrogens is 2. The lowest BCUT2D eigenvalue weighted by molar-refractivity contribution is 0.364. The predicted molar refractivity (Wildman–Crippen MR) is 69.7 cm³/mol. The van der Waals surface area contributed by atoms with Crippen LogP contribution in [0.4, 0.5) is 5.69 Å². The third-order valence-corrected chi connectivity index (χ3v) is 2.82. The number of nitriles is 1. The van der Waals surface area contributed by atoms with Crippen LogP contribution in [0.5, 0.6) is 0 Å². The standard InChI is InChI=1S/C13H22N4/c1-11(2)17-9-12(8-16-17)15-10-13(3,4)6-5-7-14/h8-9,11,15H,5-6,10H2,1-4H3. The van der Waals surface area contributed by atoms with Crippen molar-refractivity contribution in [2.75, 3.05) is 11.9 Å². The molecule has 0 aliphatic carbocycles. The molecule has 1 aromatic rings. The molecule has 1 N–H and O–H groups in total. The summed E-state index contributed by atoms with van der Waals surface area (Å²) in [7, 11) is 0. The Balaban J connectivity index is 2.46. The molecule has 0 saturated heterocycles. The summed E-state index contributed by atoms with van der Waals surface area (Å²) in [6.45, 7) is 9.41. The molecule has 0 unspecified atom stereocenters. The average molecular weight is 234 g/mol. The molecule has 0 saturated carbocycles. The molecule has 0 bridgehead atoms. The fourth-order valence-electron chi connectivity index (χ4n) is 1.54. The van der Waals surface area contributed by atoms with Crippen LogP contribution in [-0.2, 0) is 0 Å². The third-order valence-electron chi connectivity index (χ3n) is 2.82. The fraction of sp³-hybridized carbons (Fsp3) is 0.692. The van der Waals surface area contributed by atoms with Gasteiger partial charge in [0.15, 0.2) is 0 Å². The van der Waals surface area contributed by atoms with Gasteiger partial charge in [-0.15, -0.1) is 0 Å². The summed E-state index contributed by atoms with van der Waals surface area (Å²) in [4.78, 5) is 0. The van der Waals surface area contributed by atoms with Gasteiger partial charge in [-0.3, -0.25) is 4.68 Å². The Morgan fingerprint density at radius 3 is 2.76 bits per heavy atom. The molecule has 0 amide bonds. The molecule has 4 nitrogen and oxygen atoms in total. The van der Waals surface area contributed by atoms with Gasteiger partial charge in [0.1, 0.15) is 0 Å². The first-order valence-corrected chi connectivity index (χ1v) is 6.09. The topological polar surface area (TPSA) is 53.6 Å². The molecule has 94 valence electrons. The predicted octanol–water partition coefficient (Wildman–Crippen LogP) is 3.21. The Morgan fingerprint density at radius 2 is 2.24 bits per heavy atom. The van der Waals surface area contributed by atoms with Crippen molar-refractivity contribution in [1.29, 1.82) is 5.26 Å². The summed E-state index contributed by atoms with van der Waals surface area (Å²) in [6, 6.07) is 2.58. The highest BCUT2D eigenvalue weighted by molar-refractivity contribution is 5.38. The minimum Gasteiger partial charge on any atom is -0.382 e. The van der Waals surface area contributed by atoms with Gasteiger partial charge in [0.25, 0.3) is 0 Å². The smallest absolute Gasteiger partial charge is 0.0726 e. The van der Waals surface area contributed by atoms with Crippen LogP contribution >= 0.6 is 0 Å². The van der Waals surface area contributed by atoms with Crippen LogP contribution in [0.25, 0.3) is 0 Å². The normalized spacial score (nSPS) is 11.5. The third kappa shape index (κ3) is 4.48.